The molecule has 7 heteroatoms. The van der Waals surface area contributed by atoms with Gasteiger partial charge in [-0.2, -0.15) is 0 Å². The number of Topliss-reactive ketones (excluding diaryl/α,β-unsaturated/α-hetero) is 1. The molecule has 1 aliphatic rings. The maximum atomic E-state index is 12.4. The molecule has 0 spiro atoms. The van der Waals surface area contributed by atoms with Crippen molar-refractivity contribution in [2.24, 2.45) is 5.92 Å². The summed E-state index contributed by atoms with van der Waals surface area (Å²) in [7, 11) is -3.19. The summed E-state index contributed by atoms with van der Waals surface area (Å²) in [6.45, 7) is 4.08. The normalized spacial score (nSPS) is 17.0. The molecule has 1 saturated heterocycles. The summed E-state index contributed by atoms with van der Waals surface area (Å²) in [6, 6.07) is 5.22. The zero-order valence-corrected chi connectivity index (χ0v) is 14.4. The number of benzene rings is 1. The van der Waals surface area contributed by atoms with Crippen molar-refractivity contribution < 1.29 is 18.0 Å². The summed E-state index contributed by atoms with van der Waals surface area (Å²) in [4.78, 5) is 23.8. The Labute approximate surface area is 136 Å². The minimum absolute atomic E-state index is 0.0537. The Morgan fingerprint density at radius 1 is 1.22 bits per heavy atom. The van der Waals surface area contributed by atoms with Gasteiger partial charge in [-0.25, -0.2) is 12.7 Å². The van der Waals surface area contributed by atoms with E-state index in [2.05, 4.69) is 5.32 Å². The number of ketones is 1. The highest BCUT2D eigenvalue weighted by molar-refractivity contribution is 7.88. The molecule has 1 aromatic carbocycles. The number of piperidine rings is 1. The molecular formula is C16H22N2O4S. The van der Waals surface area contributed by atoms with Gasteiger partial charge >= 0.3 is 0 Å². The van der Waals surface area contributed by atoms with E-state index in [1.54, 1.807) is 18.2 Å². The van der Waals surface area contributed by atoms with Crippen LogP contribution >= 0.6 is 0 Å². The Hall–Kier alpha value is -1.73. The monoisotopic (exact) mass is 338 g/mol. The van der Waals surface area contributed by atoms with E-state index in [0.29, 0.717) is 37.2 Å². The van der Waals surface area contributed by atoms with Crippen LogP contribution < -0.4 is 5.32 Å². The van der Waals surface area contributed by atoms with Gasteiger partial charge < -0.3 is 5.32 Å². The van der Waals surface area contributed by atoms with Gasteiger partial charge in [0.15, 0.2) is 5.78 Å². The molecular weight excluding hydrogens is 316 g/mol. The van der Waals surface area contributed by atoms with Crippen molar-refractivity contribution in [3.63, 3.8) is 0 Å². The zero-order chi connectivity index (χ0) is 17.2. The molecule has 6 nitrogen and oxygen atoms in total. The molecule has 1 aliphatic heterocycles. The number of hydrogen-bond acceptors (Lipinski definition) is 4. The van der Waals surface area contributed by atoms with Gasteiger partial charge in [0, 0.05) is 30.3 Å². The van der Waals surface area contributed by atoms with Crippen molar-refractivity contribution in [3.05, 3.63) is 29.3 Å². The van der Waals surface area contributed by atoms with E-state index in [0.717, 1.165) is 5.56 Å². The number of sulfonamides is 1. The second-order valence-corrected chi connectivity index (χ2v) is 7.99. The number of rotatable bonds is 4. The van der Waals surface area contributed by atoms with Crippen LogP contribution in [0, 0.1) is 12.8 Å². The minimum Gasteiger partial charge on any atom is -0.326 e. The van der Waals surface area contributed by atoms with E-state index in [1.807, 2.05) is 6.92 Å². The third-order valence-electron chi connectivity index (χ3n) is 4.20. The first-order valence-corrected chi connectivity index (χ1v) is 9.41. The molecule has 0 bridgehead atoms. The molecule has 23 heavy (non-hydrogen) atoms. The lowest BCUT2D eigenvalue weighted by atomic mass is 9.97. The average Bonchev–Trinajstić information content (AvgIpc) is 2.48. The molecule has 0 atom stereocenters. The molecule has 0 aliphatic carbocycles. The first-order valence-electron chi connectivity index (χ1n) is 7.56. The second kappa shape index (κ2) is 6.80. The molecule has 1 N–H and O–H groups in total. The van der Waals surface area contributed by atoms with Crippen LogP contribution in [0.1, 0.15) is 35.7 Å². The van der Waals surface area contributed by atoms with Crippen LogP contribution in [0.5, 0.6) is 0 Å². The van der Waals surface area contributed by atoms with Crippen molar-refractivity contribution in [2.45, 2.75) is 26.7 Å². The third kappa shape index (κ3) is 4.39. The Bertz CT molecular complexity index is 720. The lowest BCUT2D eigenvalue weighted by Gasteiger charge is -2.29. The molecule has 0 aromatic heterocycles. The van der Waals surface area contributed by atoms with E-state index in [4.69, 9.17) is 0 Å². The van der Waals surface area contributed by atoms with Crippen LogP contribution in [0.4, 0.5) is 5.69 Å². The number of aryl methyl sites for hydroxylation is 1. The van der Waals surface area contributed by atoms with Crippen LogP contribution in [0.3, 0.4) is 0 Å². The quantitative estimate of drug-likeness (QED) is 0.849. The maximum Gasteiger partial charge on any atom is 0.227 e. The lowest BCUT2D eigenvalue weighted by Crippen LogP contribution is -2.40. The molecule has 0 saturated carbocycles. The Morgan fingerprint density at radius 2 is 1.83 bits per heavy atom. The smallest absolute Gasteiger partial charge is 0.227 e. The van der Waals surface area contributed by atoms with Crippen LogP contribution in [-0.4, -0.2) is 43.8 Å². The van der Waals surface area contributed by atoms with Gasteiger partial charge in [0.2, 0.25) is 15.9 Å². The number of nitrogens with zero attached hydrogens (tertiary/aromatic N) is 1. The average molecular weight is 338 g/mol. The van der Waals surface area contributed by atoms with Gasteiger partial charge in [0.05, 0.1) is 6.26 Å². The van der Waals surface area contributed by atoms with Crippen molar-refractivity contribution in [3.8, 4) is 0 Å². The standard InChI is InChI=1S/C16H22N2O4S/c1-11-4-5-14(12(2)19)10-15(11)17-16(20)13-6-8-18(9-7-13)23(3,21)22/h4-5,10,13H,6-9H2,1-3H3,(H,17,20). The first kappa shape index (κ1) is 17.6. The molecule has 0 radical (unpaired) electrons. The van der Waals surface area contributed by atoms with Crippen molar-refractivity contribution >= 4 is 27.4 Å². The van der Waals surface area contributed by atoms with E-state index in [9.17, 15) is 18.0 Å². The van der Waals surface area contributed by atoms with Gasteiger partial charge in [0.1, 0.15) is 0 Å². The summed E-state index contributed by atoms with van der Waals surface area (Å²) < 4.78 is 24.4. The van der Waals surface area contributed by atoms with Gasteiger partial charge in [-0.15, -0.1) is 0 Å². The van der Waals surface area contributed by atoms with Gasteiger partial charge in [0.25, 0.3) is 0 Å². The lowest BCUT2D eigenvalue weighted by molar-refractivity contribution is -0.120. The molecule has 1 heterocycles. The molecule has 1 aromatic rings. The fourth-order valence-corrected chi connectivity index (χ4v) is 3.53. The molecule has 1 fully saturated rings. The summed E-state index contributed by atoms with van der Waals surface area (Å²) >= 11 is 0. The van der Waals surface area contributed by atoms with Crippen molar-refractivity contribution in [1.29, 1.82) is 0 Å². The predicted molar refractivity (Wildman–Crippen MR) is 89.0 cm³/mol. The molecule has 1 amide bonds. The molecule has 126 valence electrons. The van der Waals surface area contributed by atoms with Gasteiger partial charge in [-0.3, -0.25) is 9.59 Å². The van der Waals surface area contributed by atoms with Crippen LogP contribution in [-0.2, 0) is 14.8 Å². The van der Waals surface area contributed by atoms with Crippen molar-refractivity contribution in [2.75, 3.05) is 24.7 Å². The predicted octanol–water partition coefficient (Wildman–Crippen LogP) is 1.81. The van der Waals surface area contributed by atoms with E-state index >= 15 is 0 Å². The first-order chi connectivity index (χ1) is 10.7. The summed E-state index contributed by atoms with van der Waals surface area (Å²) in [5.74, 6) is -0.391. The Kier molecular flexibility index (Phi) is 5.21. The third-order valence-corrected chi connectivity index (χ3v) is 5.50. The summed E-state index contributed by atoms with van der Waals surface area (Å²) in [5, 5.41) is 2.87. The van der Waals surface area contributed by atoms with Gasteiger partial charge in [-0.05, 0) is 38.3 Å². The number of nitrogens with one attached hydrogen (secondary N) is 1. The van der Waals surface area contributed by atoms with Crippen molar-refractivity contribution in [1.82, 2.24) is 4.31 Å². The highest BCUT2D eigenvalue weighted by atomic mass is 32.2. The topological polar surface area (TPSA) is 83.6 Å². The Balaban J connectivity index is 2.03. The minimum atomic E-state index is -3.19. The highest BCUT2D eigenvalue weighted by Crippen LogP contribution is 2.23. The summed E-state index contributed by atoms with van der Waals surface area (Å²) in [6.07, 6.45) is 2.19. The molecule has 2 rings (SSSR count). The number of hydrogen-bond donors (Lipinski definition) is 1. The maximum absolute atomic E-state index is 12.4. The number of carbonyl (C=O) groups excluding carboxylic acids is 2. The van der Waals surface area contributed by atoms with Crippen LogP contribution in [0.15, 0.2) is 18.2 Å². The number of carbonyl (C=O) groups is 2. The Morgan fingerprint density at radius 3 is 2.35 bits per heavy atom. The second-order valence-electron chi connectivity index (χ2n) is 6.01. The SMILES string of the molecule is CC(=O)c1ccc(C)c(NC(=O)C2CCN(S(C)(=O)=O)CC2)c1. The molecule has 0 unspecified atom stereocenters. The van der Waals surface area contributed by atoms with E-state index in [1.165, 1.54) is 17.5 Å². The number of anilines is 1. The largest absolute Gasteiger partial charge is 0.326 e. The van der Waals surface area contributed by atoms with E-state index in [-0.39, 0.29) is 17.6 Å². The number of amides is 1. The zero-order valence-electron chi connectivity index (χ0n) is 13.6. The van der Waals surface area contributed by atoms with Crippen LogP contribution in [0.25, 0.3) is 0 Å². The fourth-order valence-electron chi connectivity index (χ4n) is 2.66. The fraction of sp³-hybridized carbons (Fsp3) is 0.500. The van der Waals surface area contributed by atoms with E-state index < -0.39 is 10.0 Å². The highest BCUT2D eigenvalue weighted by Gasteiger charge is 2.29. The van der Waals surface area contributed by atoms with Crippen LogP contribution in [0.2, 0.25) is 0 Å². The van der Waals surface area contributed by atoms with Gasteiger partial charge in [-0.1, -0.05) is 12.1 Å². The summed E-state index contributed by atoms with van der Waals surface area (Å²) in [5.41, 5.74) is 2.07.